The van der Waals surface area contributed by atoms with Gasteiger partial charge in [0.15, 0.2) is 0 Å². The Hall–Kier alpha value is -1.27. The third-order valence-electron chi connectivity index (χ3n) is 1.20. The van der Waals surface area contributed by atoms with Gasteiger partial charge in [-0.3, -0.25) is 0 Å². The molecule has 0 saturated carbocycles. The molecule has 0 spiro atoms. The van der Waals surface area contributed by atoms with E-state index in [0.29, 0.717) is 6.54 Å². The number of rotatable bonds is 1. The molecule has 0 atom stereocenters. The molecule has 1 N–H and O–H groups in total. The molecule has 52 valence electrons. The van der Waals surface area contributed by atoms with Gasteiger partial charge in [-0.05, 0) is 12.2 Å². The molecule has 1 aliphatic heterocycles. The van der Waals surface area contributed by atoms with Crippen molar-refractivity contribution in [2.75, 3.05) is 6.54 Å². The molecular weight excluding hydrogens is 128 g/mol. The molecule has 1 rings (SSSR count). The number of hydrogen-bond donors (Lipinski definition) is 1. The first-order chi connectivity index (χ1) is 4.83. The van der Waals surface area contributed by atoms with E-state index in [0.717, 1.165) is 0 Å². The van der Waals surface area contributed by atoms with Crippen LogP contribution in [0.25, 0.3) is 0 Å². The van der Waals surface area contributed by atoms with Crippen LogP contribution < -0.4 is 0 Å². The lowest BCUT2D eigenvalue weighted by atomic mass is 10.3. The predicted octanol–water partition coefficient (Wildman–Crippen LogP) is 0.214. The fourth-order valence-electron chi connectivity index (χ4n) is 0.698. The van der Waals surface area contributed by atoms with Crippen molar-refractivity contribution in [3.63, 3.8) is 0 Å². The van der Waals surface area contributed by atoms with Gasteiger partial charge < -0.3 is 10.0 Å². The summed E-state index contributed by atoms with van der Waals surface area (Å²) in [6, 6.07) is 1.99. The quantitative estimate of drug-likeness (QED) is 0.524. The van der Waals surface area contributed by atoms with Crippen LogP contribution in [0.1, 0.15) is 0 Å². The van der Waals surface area contributed by atoms with E-state index in [-0.39, 0.29) is 0 Å². The van der Waals surface area contributed by atoms with Gasteiger partial charge in [-0.2, -0.15) is 5.26 Å². The van der Waals surface area contributed by atoms with Crippen LogP contribution >= 0.6 is 0 Å². The maximum Gasteiger partial charge on any atom is 0.109 e. The molecule has 3 heteroatoms. The Kier molecular flexibility index (Phi) is 2.08. The summed E-state index contributed by atoms with van der Waals surface area (Å²) in [4.78, 5) is 1.70. The fraction of sp³-hybridized carbons (Fsp3) is 0.286. The molecular formula is C7H8N2O. The van der Waals surface area contributed by atoms with E-state index >= 15 is 0 Å². The van der Waals surface area contributed by atoms with E-state index in [1.165, 1.54) is 0 Å². The normalized spacial score (nSPS) is 17.4. The largest absolute Gasteiger partial charge is 0.385 e. The van der Waals surface area contributed by atoms with Crippen LogP contribution in [0.15, 0.2) is 24.6 Å². The Balaban J connectivity index is 2.47. The first-order valence-corrected chi connectivity index (χ1v) is 3.00. The molecule has 10 heavy (non-hydrogen) atoms. The number of nitriles is 1. The first kappa shape index (κ1) is 6.84. The van der Waals surface area contributed by atoms with Crippen molar-refractivity contribution < 1.29 is 5.11 Å². The highest BCUT2D eigenvalue weighted by Crippen LogP contribution is 2.01. The average Bonchev–Trinajstić information content (AvgIpc) is 1.95. The zero-order chi connectivity index (χ0) is 7.40. The van der Waals surface area contributed by atoms with E-state index in [2.05, 4.69) is 0 Å². The van der Waals surface area contributed by atoms with Crippen LogP contribution in [0.2, 0.25) is 0 Å². The highest BCUT2D eigenvalue weighted by Gasteiger charge is 2.00. The van der Waals surface area contributed by atoms with Crippen LogP contribution in [0, 0.1) is 11.3 Å². The SMILES string of the molecule is N#CCN1C=CC(O)C=C1. The second-order valence-electron chi connectivity index (χ2n) is 2.00. The van der Waals surface area contributed by atoms with Crippen molar-refractivity contribution in [2.45, 2.75) is 6.10 Å². The summed E-state index contributed by atoms with van der Waals surface area (Å²) in [5.74, 6) is 0. The Bertz CT molecular complexity index is 188. The maximum atomic E-state index is 8.91. The first-order valence-electron chi connectivity index (χ1n) is 3.00. The lowest BCUT2D eigenvalue weighted by Crippen LogP contribution is -2.15. The number of aliphatic hydroxyl groups is 1. The van der Waals surface area contributed by atoms with Gasteiger partial charge in [0.2, 0.25) is 0 Å². The van der Waals surface area contributed by atoms with Crippen molar-refractivity contribution in [2.24, 2.45) is 0 Å². The summed E-state index contributed by atoms with van der Waals surface area (Å²) in [6.45, 7) is 0.333. The van der Waals surface area contributed by atoms with Crippen molar-refractivity contribution in [1.82, 2.24) is 4.90 Å². The molecule has 0 aromatic heterocycles. The Morgan fingerprint density at radius 3 is 2.60 bits per heavy atom. The predicted molar refractivity (Wildman–Crippen MR) is 36.6 cm³/mol. The summed E-state index contributed by atoms with van der Waals surface area (Å²) < 4.78 is 0. The van der Waals surface area contributed by atoms with Crippen molar-refractivity contribution in [1.29, 1.82) is 5.26 Å². The minimum atomic E-state index is -0.491. The minimum Gasteiger partial charge on any atom is -0.385 e. The molecule has 0 radical (unpaired) electrons. The van der Waals surface area contributed by atoms with Gasteiger partial charge in [0.05, 0.1) is 12.2 Å². The summed E-state index contributed by atoms with van der Waals surface area (Å²) in [7, 11) is 0. The molecule has 0 fully saturated rings. The Morgan fingerprint density at radius 2 is 2.10 bits per heavy atom. The molecule has 0 saturated heterocycles. The van der Waals surface area contributed by atoms with Crippen molar-refractivity contribution in [3.8, 4) is 6.07 Å². The standard InChI is InChI=1S/C7H8N2O/c8-3-6-9-4-1-7(10)2-5-9/h1-2,4-5,7,10H,6H2. The fourth-order valence-corrected chi connectivity index (χ4v) is 0.698. The summed E-state index contributed by atoms with van der Waals surface area (Å²) >= 11 is 0. The van der Waals surface area contributed by atoms with Crippen LogP contribution in [0.3, 0.4) is 0 Å². The van der Waals surface area contributed by atoms with Gasteiger partial charge in [0, 0.05) is 12.4 Å². The Labute approximate surface area is 59.5 Å². The molecule has 0 aromatic rings. The molecule has 0 unspecified atom stereocenters. The molecule has 0 aliphatic carbocycles. The maximum absolute atomic E-state index is 8.91. The van der Waals surface area contributed by atoms with Gasteiger partial charge in [-0.25, -0.2) is 0 Å². The van der Waals surface area contributed by atoms with Gasteiger partial charge in [0.1, 0.15) is 6.54 Å². The molecule has 3 nitrogen and oxygen atoms in total. The monoisotopic (exact) mass is 136 g/mol. The van der Waals surface area contributed by atoms with Crippen LogP contribution in [0.5, 0.6) is 0 Å². The van der Waals surface area contributed by atoms with Crippen LogP contribution in [-0.4, -0.2) is 22.7 Å². The molecule has 0 bridgehead atoms. The summed E-state index contributed by atoms with van der Waals surface area (Å²) in [5.41, 5.74) is 0. The number of nitrogens with zero attached hydrogens (tertiary/aromatic N) is 2. The highest BCUT2D eigenvalue weighted by molar-refractivity contribution is 5.09. The van der Waals surface area contributed by atoms with Gasteiger partial charge >= 0.3 is 0 Å². The zero-order valence-corrected chi connectivity index (χ0v) is 5.44. The smallest absolute Gasteiger partial charge is 0.109 e. The number of hydrogen-bond acceptors (Lipinski definition) is 3. The molecule has 0 aromatic carbocycles. The molecule has 1 heterocycles. The third-order valence-corrected chi connectivity index (χ3v) is 1.20. The van der Waals surface area contributed by atoms with Crippen molar-refractivity contribution >= 4 is 0 Å². The zero-order valence-electron chi connectivity index (χ0n) is 5.44. The van der Waals surface area contributed by atoms with E-state index < -0.39 is 6.10 Å². The van der Waals surface area contributed by atoms with Crippen molar-refractivity contribution in [3.05, 3.63) is 24.6 Å². The van der Waals surface area contributed by atoms with E-state index in [9.17, 15) is 0 Å². The average molecular weight is 136 g/mol. The van der Waals surface area contributed by atoms with Crippen LogP contribution in [0.4, 0.5) is 0 Å². The van der Waals surface area contributed by atoms with Crippen LogP contribution in [-0.2, 0) is 0 Å². The molecule has 1 aliphatic rings. The lowest BCUT2D eigenvalue weighted by molar-refractivity contribution is 0.263. The minimum absolute atomic E-state index is 0.333. The van der Waals surface area contributed by atoms with Gasteiger partial charge in [0.25, 0.3) is 0 Å². The second-order valence-corrected chi connectivity index (χ2v) is 2.00. The topological polar surface area (TPSA) is 47.3 Å². The molecule has 0 amide bonds. The van der Waals surface area contributed by atoms with E-state index in [1.54, 1.807) is 29.5 Å². The number of aliphatic hydroxyl groups excluding tert-OH is 1. The third kappa shape index (κ3) is 1.61. The lowest BCUT2D eigenvalue weighted by Gasteiger charge is -2.15. The second kappa shape index (κ2) is 3.04. The summed E-state index contributed by atoms with van der Waals surface area (Å²) in [6.07, 6.45) is 6.13. The summed E-state index contributed by atoms with van der Waals surface area (Å²) in [5, 5.41) is 17.2. The highest BCUT2D eigenvalue weighted by atomic mass is 16.3. The van der Waals surface area contributed by atoms with E-state index in [1.807, 2.05) is 6.07 Å². The Morgan fingerprint density at radius 1 is 1.50 bits per heavy atom. The van der Waals surface area contributed by atoms with E-state index in [4.69, 9.17) is 10.4 Å². The van der Waals surface area contributed by atoms with Gasteiger partial charge in [-0.15, -0.1) is 0 Å². The van der Waals surface area contributed by atoms with Gasteiger partial charge in [-0.1, -0.05) is 0 Å².